The molecule has 7 nitrogen and oxygen atoms in total. The van der Waals surface area contributed by atoms with E-state index in [0.717, 1.165) is 18.7 Å². The summed E-state index contributed by atoms with van der Waals surface area (Å²) in [6.45, 7) is 7.59. The van der Waals surface area contributed by atoms with Gasteiger partial charge in [0.25, 0.3) is 10.0 Å². The number of aromatic nitrogens is 2. The van der Waals surface area contributed by atoms with Gasteiger partial charge in [-0.25, -0.2) is 13.1 Å². The number of hydrogen-bond acceptors (Lipinski definition) is 5. The van der Waals surface area contributed by atoms with Crippen LogP contribution in [0.25, 0.3) is 0 Å². The molecule has 0 aliphatic carbocycles. The first kappa shape index (κ1) is 18.1. The van der Waals surface area contributed by atoms with Crippen LogP contribution in [0.1, 0.15) is 31.5 Å². The van der Waals surface area contributed by atoms with Crippen LogP contribution in [-0.2, 0) is 16.6 Å². The molecule has 0 aliphatic rings. The first-order chi connectivity index (χ1) is 9.74. The predicted octanol–water partition coefficient (Wildman–Crippen LogP) is 0.446. The summed E-state index contributed by atoms with van der Waals surface area (Å²) < 4.78 is 27.2. The Morgan fingerprint density at radius 3 is 2.57 bits per heavy atom. The zero-order valence-corrected chi connectivity index (χ0v) is 14.3. The number of nitrogens with one attached hydrogen (secondary N) is 3. The molecule has 0 atom stereocenters. The molecule has 21 heavy (non-hydrogen) atoms. The van der Waals surface area contributed by atoms with E-state index in [1.54, 1.807) is 0 Å². The maximum absolute atomic E-state index is 12.3. The summed E-state index contributed by atoms with van der Waals surface area (Å²) in [5.74, 6) is 0. The summed E-state index contributed by atoms with van der Waals surface area (Å²) in [4.78, 5) is 2.02. The van der Waals surface area contributed by atoms with E-state index in [-0.39, 0.29) is 11.1 Å². The molecule has 0 saturated heterocycles. The first-order valence-corrected chi connectivity index (χ1v) is 8.64. The Morgan fingerprint density at radius 1 is 1.33 bits per heavy atom. The minimum absolute atomic E-state index is 0.0954. The fourth-order valence-electron chi connectivity index (χ4n) is 1.84. The summed E-state index contributed by atoms with van der Waals surface area (Å²) in [7, 11) is 0.352. The highest BCUT2D eigenvalue weighted by Gasteiger charge is 2.23. The van der Waals surface area contributed by atoms with Gasteiger partial charge in [-0.15, -0.1) is 0 Å². The predicted molar refractivity (Wildman–Crippen MR) is 83.7 cm³/mol. The fraction of sp³-hybridized carbons (Fsp3) is 0.769. The summed E-state index contributed by atoms with van der Waals surface area (Å²) >= 11 is 0. The Kier molecular flexibility index (Phi) is 6.79. The van der Waals surface area contributed by atoms with E-state index in [4.69, 9.17) is 0 Å². The number of aryl methyl sites for hydroxylation is 1. The van der Waals surface area contributed by atoms with Gasteiger partial charge in [0.2, 0.25) is 0 Å². The number of aromatic amines is 1. The Morgan fingerprint density at radius 2 is 2.00 bits per heavy atom. The van der Waals surface area contributed by atoms with Crippen molar-refractivity contribution in [2.45, 2.75) is 44.8 Å². The third-order valence-corrected chi connectivity index (χ3v) is 4.48. The smallest absolute Gasteiger partial charge is 0.260 e. The Bertz CT molecular complexity index is 537. The third kappa shape index (κ3) is 5.74. The van der Waals surface area contributed by atoms with Gasteiger partial charge in [0.1, 0.15) is 0 Å². The van der Waals surface area contributed by atoms with Crippen molar-refractivity contribution in [2.24, 2.45) is 0 Å². The van der Waals surface area contributed by atoms with Gasteiger partial charge >= 0.3 is 0 Å². The molecule has 1 aromatic rings. The molecular formula is C13H27N5O2S. The van der Waals surface area contributed by atoms with Gasteiger partial charge in [-0.1, -0.05) is 13.8 Å². The molecule has 0 aliphatic heterocycles. The minimum atomic E-state index is -3.57. The minimum Gasteiger partial charge on any atom is -0.310 e. The average molecular weight is 317 g/mol. The van der Waals surface area contributed by atoms with Gasteiger partial charge in [-0.2, -0.15) is 5.10 Å². The van der Waals surface area contributed by atoms with Crippen LogP contribution in [0.2, 0.25) is 0 Å². The molecule has 0 fully saturated rings. The van der Waals surface area contributed by atoms with Crippen molar-refractivity contribution in [1.82, 2.24) is 25.1 Å². The topological polar surface area (TPSA) is 90.1 Å². The van der Waals surface area contributed by atoms with Crippen LogP contribution in [0.15, 0.2) is 5.03 Å². The van der Waals surface area contributed by atoms with E-state index in [1.165, 1.54) is 0 Å². The molecule has 0 aromatic carbocycles. The Hall–Kier alpha value is -0.960. The highest BCUT2D eigenvalue weighted by molar-refractivity contribution is 7.89. The van der Waals surface area contributed by atoms with Crippen LogP contribution in [-0.4, -0.2) is 56.7 Å². The lowest BCUT2D eigenvalue weighted by atomic mass is 10.2. The van der Waals surface area contributed by atoms with Crippen LogP contribution in [0.3, 0.4) is 0 Å². The first-order valence-electron chi connectivity index (χ1n) is 7.15. The largest absolute Gasteiger partial charge is 0.310 e. The third-order valence-electron chi connectivity index (χ3n) is 3.05. The zero-order chi connectivity index (χ0) is 16.0. The molecular weight excluding hydrogens is 290 g/mol. The second kappa shape index (κ2) is 7.88. The summed E-state index contributed by atoms with van der Waals surface area (Å²) in [6.07, 6.45) is 0.759. The van der Waals surface area contributed by atoms with Gasteiger partial charge in [0, 0.05) is 30.4 Å². The summed E-state index contributed by atoms with van der Waals surface area (Å²) in [5, 5.41) is 10.0. The highest BCUT2D eigenvalue weighted by atomic mass is 32.2. The molecule has 0 bridgehead atoms. The summed E-state index contributed by atoms with van der Waals surface area (Å²) in [6, 6.07) is 0.280. The lowest BCUT2D eigenvalue weighted by Gasteiger charge is -2.11. The molecule has 0 radical (unpaired) electrons. The average Bonchev–Trinajstić information content (AvgIpc) is 2.74. The second-order valence-corrected chi connectivity index (χ2v) is 7.40. The maximum atomic E-state index is 12.3. The summed E-state index contributed by atoms with van der Waals surface area (Å²) in [5.41, 5.74) is 1.47. The van der Waals surface area contributed by atoms with Crippen molar-refractivity contribution in [2.75, 3.05) is 27.2 Å². The van der Waals surface area contributed by atoms with Crippen molar-refractivity contribution in [3.8, 4) is 0 Å². The van der Waals surface area contributed by atoms with Crippen molar-refractivity contribution in [3.05, 3.63) is 11.3 Å². The van der Waals surface area contributed by atoms with E-state index < -0.39 is 10.0 Å². The van der Waals surface area contributed by atoms with Crippen molar-refractivity contribution >= 4 is 10.0 Å². The van der Waals surface area contributed by atoms with E-state index in [1.807, 2.05) is 39.8 Å². The van der Waals surface area contributed by atoms with Crippen molar-refractivity contribution < 1.29 is 8.42 Å². The standard InChI is InChI=1S/C13H27N5O2S/c1-10(2)14-9-12-11(3)16-17-13(12)21(19,20)15-7-6-8-18(4)5/h10,14-15H,6-9H2,1-5H3,(H,16,17). The monoisotopic (exact) mass is 317 g/mol. The quantitative estimate of drug-likeness (QED) is 0.575. The molecule has 1 heterocycles. The molecule has 0 spiro atoms. The van der Waals surface area contributed by atoms with Crippen molar-refractivity contribution in [1.29, 1.82) is 0 Å². The van der Waals surface area contributed by atoms with Gasteiger partial charge in [-0.05, 0) is 34.0 Å². The van der Waals surface area contributed by atoms with Gasteiger partial charge in [0.15, 0.2) is 5.03 Å². The molecule has 3 N–H and O–H groups in total. The molecule has 0 amide bonds. The number of hydrogen-bond donors (Lipinski definition) is 3. The molecule has 0 saturated carbocycles. The van der Waals surface area contributed by atoms with Gasteiger partial charge in [-0.3, -0.25) is 5.10 Å². The van der Waals surface area contributed by atoms with Crippen LogP contribution >= 0.6 is 0 Å². The highest BCUT2D eigenvalue weighted by Crippen LogP contribution is 2.16. The van der Waals surface area contributed by atoms with Gasteiger partial charge in [0.05, 0.1) is 0 Å². The van der Waals surface area contributed by atoms with Crippen LogP contribution in [0.5, 0.6) is 0 Å². The van der Waals surface area contributed by atoms with Crippen LogP contribution < -0.4 is 10.0 Å². The Labute approximate surface area is 127 Å². The molecule has 122 valence electrons. The normalized spacial score (nSPS) is 12.5. The van der Waals surface area contributed by atoms with E-state index in [0.29, 0.717) is 18.7 Å². The lowest BCUT2D eigenvalue weighted by molar-refractivity contribution is 0.400. The van der Waals surface area contributed by atoms with E-state index in [9.17, 15) is 8.42 Å². The molecule has 0 unspecified atom stereocenters. The second-order valence-electron chi connectivity index (χ2n) is 5.72. The zero-order valence-electron chi connectivity index (χ0n) is 13.5. The van der Waals surface area contributed by atoms with Crippen LogP contribution in [0, 0.1) is 6.92 Å². The van der Waals surface area contributed by atoms with Gasteiger partial charge < -0.3 is 10.2 Å². The number of sulfonamides is 1. The number of H-pyrrole nitrogens is 1. The Balaban J connectivity index is 2.74. The molecule has 1 rings (SSSR count). The SMILES string of the molecule is Cc1[nH]nc(S(=O)(=O)NCCCN(C)C)c1CNC(C)C. The van der Waals surface area contributed by atoms with E-state index >= 15 is 0 Å². The van der Waals surface area contributed by atoms with Crippen LogP contribution in [0.4, 0.5) is 0 Å². The van der Waals surface area contributed by atoms with E-state index in [2.05, 4.69) is 20.2 Å². The molecule has 1 aromatic heterocycles. The lowest BCUT2D eigenvalue weighted by Crippen LogP contribution is -2.29. The molecule has 8 heteroatoms. The number of nitrogens with zero attached hydrogens (tertiary/aromatic N) is 2. The number of rotatable bonds is 9. The maximum Gasteiger partial charge on any atom is 0.260 e. The fourth-order valence-corrected chi connectivity index (χ4v) is 3.10. The van der Waals surface area contributed by atoms with Crippen molar-refractivity contribution in [3.63, 3.8) is 0 Å².